The fourth-order valence-corrected chi connectivity index (χ4v) is 5.01. The number of rotatable bonds is 6. The second-order valence-corrected chi connectivity index (χ2v) is 8.84. The van der Waals surface area contributed by atoms with E-state index < -0.39 is 0 Å². The molecule has 0 aliphatic heterocycles. The van der Waals surface area contributed by atoms with Crippen LogP contribution in [0.5, 0.6) is 0 Å². The number of non-ortho nitro benzene ring substituents is 1. The van der Waals surface area contributed by atoms with E-state index >= 15 is 0 Å². The zero-order valence-corrected chi connectivity index (χ0v) is 19.0. The number of para-hydroxylation sites is 1. The maximum atomic E-state index is 11.3. The van der Waals surface area contributed by atoms with Crippen molar-refractivity contribution in [2.24, 2.45) is 4.99 Å². The highest BCUT2D eigenvalue weighted by Gasteiger charge is 2.13. The van der Waals surface area contributed by atoms with Crippen LogP contribution in [0.1, 0.15) is 5.56 Å². The van der Waals surface area contributed by atoms with Crippen molar-refractivity contribution >= 4 is 45.2 Å². The molecule has 0 aliphatic rings. The van der Waals surface area contributed by atoms with Gasteiger partial charge in [-0.3, -0.25) is 10.1 Å². The molecule has 0 saturated carbocycles. The fourth-order valence-electron chi connectivity index (χ4n) is 3.87. The Morgan fingerprint density at radius 2 is 1.91 bits per heavy atom. The van der Waals surface area contributed by atoms with Crippen molar-refractivity contribution in [3.05, 3.63) is 110 Å². The van der Waals surface area contributed by atoms with E-state index in [4.69, 9.17) is 16.6 Å². The summed E-state index contributed by atoms with van der Waals surface area (Å²) in [7, 11) is 0. The largest absolute Gasteiger partial charge is 0.361 e. The molecule has 0 aliphatic carbocycles. The first-order valence-electron chi connectivity index (χ1n) is 10.4. The minimum absolute atomic E-state index is 0.0650. The van der Waals surface area contributed by atoms with Crippen LogP contribution in [0.2, 0.25) is 5.02 Å². The molecule has 2 aromatic heterocycles. The van der Waals surface area contributed by atoms with Crippen LogP contribution < -0.4 is 4.80 Å². The lowest BCUT2D eigenvalue weighted by Crippen LogP contribution is -2.17. The number of thiazole rings is 1. The van der Waals surface area contributed by atoms with Crippen LogP contribution in [0, 0.1) is 10.1 Å². The summed E-state index contributed by atoms with van der Waals surface area (Å²) in [5.41, 5.74) is 4.82. The zero-order chi connectivity index (χ0) is 22.8. The Morgan fingerprint density at radius 1 is 1.06 bits per heavy atom. The number of aryl methyl sites for hydroxylation is 1. The van der Waals surface area contributed by atoms with Crippen molar-refractivity contribution < 1.29 is 4.92 Å². The summed E-state index contributed by atoms with van der Waals surface area (Å²) in [6.07, 6.45) is 2.82. The average Bonchev–Trinajstić information content (AvgIpc) is 3.41. The van der Waals surface area contributed by atoms with Gasteiger partial charge in [0.2, 0.25) is 0 Å². The van der Waals surface area contributed by atoms with Gasteiger partial charge in [0.15, 0.2) is 4.80 Å². The molecule has 164 valence electrons. The number of halogens is 1. The molecule has 1 N–H and O–H groups in total. The van der Waals surface area contributed by atoms with E-state index in [-0.39, 0.29) is 10.6 Å². The normalized spacial score (nSPS) is 11.8. The van der Waals surface area contributed by atoms with Gasteiger partial charge in [-0.1, -0.05) is 48.0 Å². The molecular formula is C25H19ClN4O2S. The van der Waals surface area contributed by atoms with Crippen molar-refractivity contribution in [3.8, 4) is 11.3 Å². The standard InChI is InChI=1S/C25H19ClN4O2S/c26-19-6-4-7-20(14-19)28-25-29(12-11-18-15-27-23-10-2-1-9-22(18)23)24(16-33-25)17-5-3-8-21(13-17)30(31)32/h1-10,13-16,27H,11-12H2. The third kappa shape index (κ3) is 4.46. The predicted molar refractivity (Wildman–Crippen MR) is 133 cm³/mol. The number of aromatic nitrogens is 2. The molecule has 6 nitrogen and oxygen atoms in total. The SMILES string of the molecule is O=[N+]([O-])c1cccc(-c2csc(=Nc3cccc(Cl)c3)n2CCc2c[nH]c3ccccc23)c1. The number of nitro groups is 1. The molecule has 0 amide bonds. The van der Waals surface area contributed by atoms with E-state index in [0.717, 1.165) is 33.7 Å². The molecule has 0 spiro atoms. The maximum Gasteiger partial charge on any atom is 0.270 e. The number of hydrogen-bond donors (Lipinski definition) is 1. The van der Waals surface area contributed by atoms with E-state index in [1.807, 2.05) is 54.0 Å². The molecule has 0 radical (unpaired) electrons. The highest BCUT2D eigenvalue weighted by Crippen LogP contribution is 2.26. The van der Waals surface area contributed by atoms with Gasteiger partial charge in [-0.15, -0.1) is 11.3 Å². The van der Waals surface area contributed by atoms with E-state index in [2.05, 4.69) is 21.7 Å². The van der Waals surface area contributed by atoms with Crippen molar-refractivity contribution in [1.82, 2.24) is 9.55 Å². The summed E-state index contributed by atoms with van der Waals surface area (Å²) in [6.45, 7) is 0.669. The van der Waals surface area contributed by atoms with Crippen LogP contribution in [0.25, 0.3) is 22.2 Å². The lowest BCUT2D eigenvalue weighted by Gasteiger charge is -2.09. The molecule has 0 saturated heterocycles. The van der Waals surface area contributed by atoms with Gasteiger partial charge in [0.1, 0.15) is 0 Å². The molecule has 33 heavy (non-hydrogen) atoms. The van der Waals surface area contributed by atoms with Gasteiger partial charge in [0, 0.05) is 51.7 Å². The molecule has 0 fully saturated rings. The second kappa shape index (κ2) is 9.05. The molecule has 0 atom stereocenters. The summed E-state index contributed by atoms with van der Waals surface area (Å²) in [5, 5.41) is 15.1. The molecule has 8 heteroatoms. The third-order valence-electron chi connectivity index (χ3n) is 5.46. The highest BCUT2D eigenvalue weighted by molar-refractivity contribution is 7.07. The number of benzene rings is 3. The highest BCUT2D eigenvalue weighted by atomic mass is 35.5. The molecule has 3 aromatic carbocycles. The Bertz CT molecular complexity index is 1530. The van der Waals surface area contributed by atoms with E-state index in [1.165, 1.54) is 28.4 Å². The first kappa shape index (κ1) is 21.2. The second-order valence-electron chi connectivity index (χ2n) is 7.56. The van der Waals surface area contributed by atoms with Crippen molar-refractivity contribution in [2.45, 2.75) is 13.0 Å². The van der Waals surface area contributed by atoms with Crippen LogP contribution in [-0.4, -0.2) is 14.5 Å². The number of nitro benzene ring substituents is 1. The molecule has 5 rings (SSSR count). The topological polar surface area (TPSA) is 76.2 Å². The minimum atomic E-state index is -0.372. The molecule has 5 aromatic rings. The van der Waals surface area contributed by atoms with Crippen LogP contribution in [0.3, 0.4) is 0 Å². The quantitative estimate of drug-likeness (QED) is 0.218. The van der Waals surface area contributed by atoms with Gasteiger partial charge in [-0.2, -0.15) is 0 Å². The molecule has 0 bridgehead atoms. The maximum absolute atomic E-state index is 11.3. The average molecular weight is 475 g/mol. The van der Waals surface area contributed by atoms with Gasteiger partial charge in [-0.05, 0) is 36.2 Å². The Morgan fingerprint density at radius 3 is 2.76 bits per heavy atom. The monoisotopic (exact) mass is 474 g/mol. The molecule has 2 heterocycles. The van der Waals surface area contributed by atoms with Gasteiger partial charge in [0.25, 0.3) is 5.69 Å². The van der Waals surface area contributed by atoms with Crippen LogP contribution >= 0.6 is 22.9 Å². The lowest BCUT2D eigenvalue weighted by molar-refractivity contribution is -0.384. The van der Waals surface area contributed by atoms with Gasteiger partial charge < -0.3 is 9.55 Å². The van der Waals surface area contributed by atoms with Crippen LogP contribution in [0.15, 0.2) is 89.4 Å². The lowest BCUT2D eigenvalue weighted by atomic mass is 10.1. The number of H-pyrrole nitrogens is 1. The Balaban J connectivity index is 1.59. The van der Waals surface area contributed by atoms with Crippen molar-refractivity contribution in [3.63, 3.8) is 0 Å². The Hall–Kier alpha value is -3.68. The number of aromatic amines is 1. The first-order chi connectivity index (χ1) is 16.1. The summed E-state index contributed by atoms with van der Waals surface area (Å²) >= 11 is 7.65. The van der Waals surface area contributed by atoms with E-state index in [9.17, 15) is 10.1 Å². The predicted octanol–water partition coefficient (Wildman–Crippen LogP) is 6.73. The van der Waals surface area contributed by atoms with Crippen LogP contribution in [0.4, 0.5) is 11.4 Å². The number of hydrogen-bond acceptors (Lipinski definition) is 4. The van der Waals surface area contributed by atoms with Gasteiger partial charge in [-0.25, -0.2) is 4.99 Å². The van der Waals surface area contributed by atoms with E-state index in [1.54, 1.807) is 12.1 Å². The van der Waals surface area contributed by atoms with Gasteiger partial charge in [0.05, 0.1) is 16.3 Å². The zero-order valence-electron chi connectivity index (χ0n) is 17.4. The fraction of sp³-hybridized carbons (Fsp3) is 0.0800. The van der Waals surface area contributed by atoms with Gasteiger partial charge >= 0.3 is 0 Å². The van der Waals surface area contributed by atoms with Crippen LogP contribution in [-0.2, 0) is 13.0 Å². The molecule has 0 unspecified atom stereocenters. The molecular weight excluding hydrogens is 456 g/mol. The summed E-state index contributed by atoms with van der Waals surface area (Å²) in [5.74, 6) is 0. The summed E-state index contributed by atoms with van der Waals surface area (Å²) in [4.78, 5) is 19.9. The Labute approximate surface area is 198 Å². The summed E-state index contributed by atoms with van der Waals surface area (Å²) in [6, 6.07) is 22.3. The Kier molecular flexibility index (Phi) is 5.81. The third-order valence-corrected chi connectivity index (χ3v) is 6.56. The smallest absolute Gasteiger partial charge is 0.270 e. The first-order valence-corrected chi connectivity index (χ1v) is 11.6. The number of nitrogens with zero attached hydrogens (tertiary/aromatic N) is 3. The van der Waals surface area contributed by atoms with Crippen molar-refractivity contribution in [2.75, 3.05) is 0 Å². The number of nitrogens with one attached hydrogen (secondary N) is 1. The number of fused-ring (bicyclic) bond motifs is 1. The van der Waals surface area contributed by atoms with E-state index in [0.29, 0.717) is 11.6 Å². The minimum Gasteiger partial charge on any atom is -0.361 e. The summed E-state index contributed by atoms with van der Waals surface area (Å²) < 4.78 is 2.12. The van der Waals surface area contributed by atoms with Crippen molar-refractivity contribution in [1.29, 1.82) is 0 Å².